The Morgan fingerprint density at radius 1 is 1.13 bits per heavy atom. The molecular weight excluding hydrogens is 223 g/mol. The zero-order valence-electron chi connectivity index (χ0n) is 7.38. The lowest BCUT2D eigenvalue weighted by molar-refractivity contribution is -0.137. The van der Waals surface area contributed by atoms with Crippen LogP contribution in [0.2, 0.25) is 0 Å². The van der Waals surface area contributed by atoms with Crippen LogP contribution in [-0.2, 0) is 6.18 Å². The minimum Gasteiger partial charge on any atom is -0.256 e. The molecule has 0 saturated carbocycles. The van der Waals surface area contributed by atoms with Crippen molar-refractivity contribution < 1.29 is 13.2 Å². The molecule has 0 aliphatic carbocycles. The summed E-state index contributed by atoms with van der Waals surface area (Å²) in [5, 5.41) is 0.570. The van der Waals surface area contributed by atoms with E-state index in [-0.39, 0.29) is 5.52 Å². The van der Waals surface area contributed by atoms with Gasteiger partial charge in [-0.15, -0.1) is 0 Å². The summed E-state index contributed by atoms with van der Waals surface area (Å²) in [4.78, 5) is 4.36. The van der Waals surface area contributed by atoms with E-state index in [2.05, 4.69) is 4.98 Å². The van der Waals surface area contributed by atoms with Gasteiger partial charge in [-0.25, -0.2) is 0 Å². The van der Waals surface area contributed by atoms with E-state index in [4.69, 9.17) is 12.6 Å². The molecule has 1 heterocycles. The molecule has 0 amide bonds. The maximum atomic E-state index is 12.4. The van der Waals surface area contributed by atoms with Crippen LogP contribution in [0.4, 0.5) is 13.2 Å². The highest BCUT2D eigenvalue weighted by Gasteiger charge is 2.30. The summed E-state index contributed by atoms with van der Waals surface area (Å²) in [6, 6.07) is 4.96. The topological polar surface area (TPSA) is 12.9 Å². The van der Waals surface area contributed by atoms with Gasteiger partial charge in [0.05, 0.1) is 11.1 Å². The standard InChI is InChI=1S/C10H5F3NS/c11-10(12,13)6-1-2-7-8(5-6)14-4-3-9(7)15/h1-5H. The summed E-state index contributed by atoms with van der Waals surface area (Å²) in [6.45, 7) is 0. The van der Waals surface area contributed by atoms with E-state index in [0.29, 0.717) is 10.3 Å². The zero-order valence-corrected chi connectivity index (χ0v) is 8.19. The average Bonchev–Trinajstić information content (AvgIpc) is 2.16. The monoisotopic (exact) mass is 228 g/mol. The highest BCUT2D eigenvalue weighted by Crippen LogP contribution is 2.31. The van der Waals surface area contributed by atoms with Crippen LogP contribution in [0.25, 0.3) is 10.9 Å². The molecule has 0 fully saturated rings. The van der Waals surface area contributed by atoms with Crippen molar-refractivity contribution in [3.63, 3.8) is 0 Å². The summed E-state index contributed by atoms with van der Waals surface area (Å²) >= 11 is 4.97. The molecule has 0 spiro atoms. The number of hydrogen-bond donors (Lipinski definition) is 0. The van der Waals surface area contributed by atoms with Gasteiger partial charge in [-0.2, -0.15) is 13.2 Å². The molecule has 0 aliphatic heterocycles. The highest BCUT2D eigenvalue weighted by molar-refractivity contribution is 7.80. The van der Waals surface area contributed by atoms with Crippen LogP contribution in [-0.4, -0.2) is 4.98 Å². The predicted octanol–water partition coefficient (Wildman–Crippen LogP) is 3.81. The second-order valence-corrected chi connectivity index (χ2v) is 3.48. The van der Waals surface area contributed by atoms with Crippen molar-refractivity contribution in [3.8, 4) is 0 Å². The molecule has 5 heteroatoms. The van der Waals surface area contributed by atoms with Crippen molar-refractivity contribution in [3.05, 3.63) is 36.0 Å². The first-order valence-corrected chi connectivity index (χ1v) is 4.52. The van der Waals surface area contributed by atoms with Gasteiger partial charge in [0.1, 0.15) is 0 Å². The third-order valence-electron chi connectivity index (χ3n) is 2.03. The summed E-state index contributed by atoms with van der Waals surface area (Å²) in [5.41, 5.74) is -0.430. The minimum atomic E-state index is -4.34. The van der Waals surface area contributed by atoms with Crippen LogP contribution < -0.4 is 0 Å². The Bertz CT molecular complexity index is 507. The van der Waals surface area contributed by atoms with Crippen LogP contribution >= 0.6 is 12.6 Å². The average molecular weight is 228 g/mol. The Balaban J connectivity index is 2.68. The van der Waals surface area contributed by atoms with Crippen molar-refractivity contribution >= 4 is 23.5 Å². The van der Waals surface area contributed by atoms with Crippen LogP contribution in [0.5, 0.6) is 0 Å². The summed E-state index contributed by atoms with van der Waals surface area (Å²) in [6.07, 6.45) is -2.93. The minimum absolute atomic E-state index is 0.275. The molecule has 0 bridgehead atoms. The van der Waals surface area contributed by atoms with E-state index in [9.17, 15) is 13.2 Å². The molecule has 15 heavy (non-hydrogen) atoms. The van der Waals surface area contributed by atoms with E-state index in [1.807, 2.05) is 0 Å². The lowest BCUT2D eigenvalue weighted by Gasteiger charge is -2.07. The maximum absolute atomic E-state index is 12.4. The van der Waals surface area contributed by atoms with Crippen molar-refractivity contribution in [2.45, 2.75) is 11.1 Å². The summed E-state index contributed by atoms with van der Waals surface area (Å²) in [7, 11) is 0. The van der Waals surface area contributed by atoms with Gasteiger partial charge in [0.15, 0.2) is 0 Å². The van der Waals surface area contributed by atoms with Gasteiger partial charge in [0, 0.05) is 16.5 Å². The molecule has 0 aliphatic rings. The molecule has 2 aromatic rings. The van der Waals surface area contributed by atoms with E-state index >= 15 is 0 Å². The number of halogens is 3. The van der Waals surface area contributed by atoms with Crippen LogP contribution in [0.3, 0.4) is 0 Å². The lowest BCUT2D eigenvalue weighted by atomic mass is 10.1. The van der Waals surface area contributed by atoms with Crippen molar-refractivity contribution in [1.82, 2.24) is 4.98 Å². The van der Waals surface area contributed by atoms with Crippen molar-refractivity contribution in [2.75, 3.05) is 0 Å². The number of aromatic nitrogens is 1. The first-order chi connectivity index (χ1) is 6.98. The Hall–Kier alpha value is -1.36. The van der Waals surface area contributed by atoms with E-state index in [0.717, 1.165) is 12.1 Å². The second-order valence-electron chi connectivity index (χ2n) is 3.04. The highest BCUT2D eigenvalue weighted by atomic mass is 32.1. The molecule has 1 aromatic carbocycles. The number of benzene rings is 1. The fourth-order valence-corrected chi connectivity index (χ4v) is 1.53. The van der Waals surface area contributed by atoms with E-state index in [1.54, 1.807) is 6.07 Å². The molecule has 1 nitrogen and oxygen atoms in total. The maximum Gasteiger partial charge on any atom is 0.416 e. The van der Waals surface area contributed by atoms with Gasteiger partial charge >= 0.3 is 6.18 Å². The molecule has 0 N–H and O–H groups in total. The quantitative estimate of drug-likeness (QED) is 0.668. The molecule has 0 saturated heterocycles. The van der Waals surface area contributed by atoms with Crippen LogP contribution in [0.15, 0.2) is 35.4 Å². The smallest absolute Gasteiger partial charge is 0.256 e. The zero-order chi connectivity index (χ0) is 11.1. The van der Waals surface area contributed by atoms with Crippen LogP contribution in [0.1, 0.15) is 5.56 Å². The number of hydrogen-bond acceptors (Lipinski definition) is 1. The Morgan fingerprint density at radius 3 is 2.53 bits per heavy atom. The fraction of sp³-hybridized carbons (Fsp3) is 0.100. The molecule has 2 rings (SSSR count). The van der Waals surface area contributed by atoms with Gasteiger partial charge in [-0.3, -0.25) is 4.98 Å². The fourth-order valence-electron chi connectivity index (χ4n) is 1.30. The number of alkyl halides is 3. The Labute approximate surface area is 89.3 Å². The Morgan fingerprint density at radius 2 is 1.87 bits per heavy atom. The third kappa shape index (κ3) is 1.87. The third-order valence-corrected chi connectivity index (χ3v) is 2.39. The van der Waals surface area contributed by atoms with Gasteiger partial charge in [-0.1, -0.05) is 18.7 Å². The first kappa shape index (κ1) is 10.2. The molecular formula is C10H5F3NS. The molecule has 0 atom stereocenters. The molecule has 0 unspecified atom stereocenters. The summed E-state index contributed by atoms with van der Waals surface area (Å²) in [5.74, 6) is 0. The second kappa shape index (κ2) is 3.34. The normalized spacial score (nSPS) is 11.9. The van der Waals surface area contributed by atoms with E-state index < -0.39 is 11.7 Å². The molecule has 77 valence electrons. The van der Waals surface area contributed by atoms with Gasteiger partial charge < -0.3 is 0 Å². The predicted molar refractivity (Wildman–Crippen MR) is 52.6 cm³/mol. The number of nitrogens with zero attached hydrogens (tertiary/aromatic N) is 1. The molecule has 1 radical (unpaired) electrons. The van der Waals surface area contributed by atoms with Gasteiger partial charge in [-0.05, 0) is 18.2 Å². The first-order valence-electron chi connectivity index (χ1n) is 4.11. The number of pyridine rings is 1. The largest absolute Gasteiger partial charge is 0.416 e. The van der Waals surface area contributed by atoms with Crippen LogP contribution in [0, 0.1) is 0 Å². The SMILES string of the molecule is FC(F)(F)c1ccc2c([S])ccnc2c1. The van der Waals surface area contributed by atoms with Crippen molar-refractivity contribution in [1.29, 1.82) is 0 Å². The van der Waals surface area contributed by atoms with Crippen molar-refractivity contribution in [2.24, 2.45) is 0 Å². The number of rotatable bonds is 0. The van der Waals surface area contributed by atoms with Gasteiger partial charge in [0.2, 0.25) is 0 Å². The summed E-state index contributed by atoms with van der Waals surface area (Å²) < 4.78 is 37.1. The molecule has 1 aromatic heterocycles. The number of fused-ring (bicyclic) bond motifs is 1. The Kier molecular flexibility index (Phi) is 2.26. The van der Waals surface area contributed by atoms with E-state index in [1.165, 1.54) is 12.3 Å². The lowest BCUT2D eigenvalue weighted by Crippen LogP contribution is -2.04. The van der Waals surface area contributed by atoms with Gasteiger partial charge in [0.25, 0.3) is 0 Å².